The number of fused-ring (bicyclic) bond motifs is 1. The molecule has 0 spiro atoms. The monoisotopic (exact) mass is 286 g/mol. The summed E-state index contributed by atoms with van der Waals surface area (Å²) >= 11 is 0. The molecule has 0 bridgehead atoms. The Labute approximate surface area is 125 Å². The van der Waals surface area contributed by atoms with E-state index in [0.29, 0.717) is 6.42 Å². The van der Waals surface area contributed by atoms with E-state index in [1.165, 1.54) is 5.56 Å². The van der Waals surface area contributed by atoms with Crippen LogP contribution in [0.4, 0.5) is 5.69 Å². The molecular formula is C17H22N2O2. The second-order valence-corrected chi connectivity index (χ2v) is 6.50. The van der Waals surface area contributed by atoms with Gasteiger partial charge in [-0.3, -0.25) is 9.59 Å². The number of nitrogens with one attached hydrogen (secondary N) is 1. The number of carbonyl (C=O) groups is 2. The highest BCUT2D eigenvalue weighted by molar-refractivity contribution is 6.02. The zero-order valence-corrected chi connectivity index (χ0v) is 12.8. The first-order valence-corrected chi connectivity index (χ1v) is 7.70. The SMILES string of the molecule is CC(C)NC(=O)C1CC1C(=O)N1c2ccccc2CC1C. The Balaban J connectivity index is 1.72. The highest BCUT2D eigenvalue weighted by Crippen LogP contribution is 2.43. The zero-order chi connectivity index (χ0) is 15.1. The van der Waals surface area contributed by atoms with Gasteiger partial charge in [0.25, 0.3) is 0 Å². The van der Waals surface area contributed by atoms with Gasteiger partial charge in [-0.15, -0.1) is 0 Å². The molecule has 1 fully saturated rings. The van der Waals surface area contributed by atoms with E-state index in [-0.39, 0.29) is 35.7 Å². The summed E-state index contributed by atoms with van der Waals surface area (Å²) in [6.45, 7) is 5.95. The lowest BCUT2D eigenvalue weighted by molar-refractivity contribution is -0.126. The van der Waals surface area contributed by atoms with Gasteiger partial charge in [-0.05, 0) is 45.2 Å². The van der Waals surface area contributed by atoms with Crippen molar-refractivity contribution in [3.63, 3.8) is 0 Å². The molecule has 3 unspecified atom stereocenters. The molecule has 1 aliphatic heterocycles. The Bertz CT molecular complexity index is 582. The van der Waals surface area contributed by atoms with Crippen molar-refractivity contribution in [2.45, 2.75) is 45.7 Å². The van der Waals surface area contributed by atoms with Crippen LogP contribution in [0, 0.1) is 11.8 Å². The molecule has 0 aromatic heterocycles. The number of benzene rings is 1. The third-order valence-corrected chi connectivity index (χ3v) is 4.32. The zero-order valence-electron chi connectivity index (χ0n) is 12.8. The molecule has 112 valence electrons. The number of amides is 2. The van der Waals surface area contributed by atoms with Crippen molar-refractivity contribution in [2.75, 3.05) is 4.90 Å². The van der Waals surface area contributed by atoms with Gasteiger partial charge in [0.2, 0.25) is 11.8 Å². The first kappa shape index (κ1) is 14.1. The second-order valence-electron chi connectivity index (χ2n) is 6.50. The summed E-state index contributed by atoms with van der Waals surface area (Å²) < 4.78 is 0. The van der Waals surface area contributed by atoms with Crippen LogP contribution in [0.2, 0.25) is 0 Å². The predicted molar refractivity (Wildman–Crippen MR) is 82.0 cm³/mol. The summed E-state index contributed by atoms with van der Waals surface area (Å²) in [5, 5.41) is 2.90. The second kappa shape index (κ2) is 5.17. The van der Waals surface area contributed by atoms with Gasteiger partial charge < -0.3 is 10.2 Å². The van der Waals surface area contributed by atoms with Crippen LogP contribution in [0.3, 0.4) is 0 Å². The Kier molecular flexibility index (Phi) is 3.47. The number of hydrogen-bond donors (Lipinski definition) is 1. The Hall–Kier alpha value is -1.84. The van der Waals surface area contributed by atoms with E-state index in [0.717, 1.165) is 12.1 Å². The molecule has 1 aromatic carbocycles. The maximum atomic E-state index is 12.7. The van der Waals surface area contributed by atoms with Crippen LogP contribution in [0.5, 0.6) is 0 Å². The molecule has 21 heavy (non-hydrogen) atoms. The largest absolute Gasteiger partial charge is 0.354 e. The quantitative estimate of drug-likeness (QED) is 0.925. The van der Waals surface area contributed by atoms with Crippen LogP contribution in [0.25, 0.3) is 0 Å². The van der Waals surface area contributed by atoms with Gasteiger partial charge >= 0.3 is 0 Å². The molecule has 1 N–H and O–H groups in total. The lowest BCUT2D eigenvalue weighted by Gasteiger charge is -2.23. The minimum Gasteiger partial charge on any atom is -0.354 e. The average Bonchev–Trinajstić information content (AvgIpc) is 3.14. The van der Waals surface area contributed by atoms with Crippen LogP contribution in [0.1, 0.15) is 32.8 Å². The van der Waals surface area contributed by atoms with E-state index in [1.807, 2.05) is 36.9 Å². The fourth-order valence-electron chi connectivity index (χ4n) is 3.23. The fraction of sp³-hybridized carbons (Fsp3) is 0.529. The number of para-hydroxylation sites is 1. The number of carbonyl (C=O) groups excluding carboxylic acids is 2. The Morgan fingerprint density at radius 2 is 1.95 bits per heavy atom. The van der Waals surface area contributed by atoms with Gasteiger partial charge in [0.05, 0.1) is 11.8 Å². The van der Waals surface area contributed by atoms with Crippen molar-refractivity contribution in [2.24, 2.45) is 11.8 Å². The third kappa shape index (κ3) is 2.55. The molecule has 1 saturated carbocycles. The summed E-state index contributed by atoms with van der Waals surface area (Å²) in [5.41, 5.74) is 2.24. The van der Waals surface area contributed by atoms with Crippen LogP contribution in [-0.2, 0) is 16.0 Å². The Morgan fingerprint density at radius 3 is 2.67 bits per heavy atom. The normalized spacial score (nSPS) is 26.7. The van der Waals surface area contributed by atoms with Crippen LogP contribution in [0.15, 0.2) is 24.3 Å². The minimum atomic E-state index is -0.141. The first-order chi connectivity index (χ1) is 9.99. The van der Waals surface area contributed by atoms with Gasteiger partial charge in [-0.25, -0.2) is 0 Å². The summed E-state index contributed by atoms with van der Waals surface area (Å²) in [4.78, 5) is 26.6. The maximum absolute atomic E-state index is 12.7. The van der Waals surface area contributed by atoms with E-state index >= 15 is 0 Å². The van der Waals surface area contributed by atoms with Gasteiger partial charge in [-0.1, -0.05) is 18.2 Å². The molecule has 1 heterocycles. The van der Waals surface area contributed by atoms with Crippen LogP contribution in [-0.4, -0.2) is 23.9 Å². The van der Waals surface area contributed by atoms with Crippen molar-refractivity contribution >= 4 is 17.5 Å². The van der Waals surface area contributed by atoms with Crippen molar-refractivity contribution in [3.05, 3.63) is 29.8 Å². The lowest BCUT2D eigenvalue weighted by Crippen LogP contribution is -2.38. The summed E-state index contributed by atoms with van der Waals surface area (Å²) in [6, 6.07) is 8.37. The molecule has 4 heteroatoms. The van der Waals surface area contributed by atoms with E-state index in [1.54, 1.807) is 0 Å². The maximum Gasteiger partial charge on any atom is 0.231 e. The predicted octanol–water partition coefficient (Wildman–Crippen LogP) is 2.12. The van der Waals surface area contributed by atoms with Crippen molar-refractivity contribution in [1.82, 2.24) is 5.32 Å². The highest BCUT2D eigenvalue weighted by Gasteiger charge is 2.51. The van der Waals surface area contributed by atoms with E-state index in [4.69, 9.17) is 0 Å². The number of nitrogens with zero attached hydrogens (tertiary/aromatic N) is 1. The van der Waals surface area contributed by atoms with Gasteiger partial charge in [0.15, 0.2) is 0 Å². The molecular weight excluding hydrogens is 264 g/mol. The van der Waals surface area contributed by atoms with Crippen molar-refractivity contribution in [3.8, 4) is 0 Å². The first-order valence-electron chi connectivity index (χ1n) is 7.70. The lowest BCUT2D eigenvalue weighted by atomic mass is 10.1. The minimum absolute atomic E-state index is 0.0171. The van der Waals surface area contributed by atoms with Crippen molar-refractivity contribution in [1.29, 1.82) is 0 Å². The molecule has 2 aliphatic rings. The molecule has 2 amide bonds. The molecule has 4 nitrogen and oxygen atoms in total. The van der Waals surface area contributed by atoms with E-state index < -0.39 is 0 Å². The standard InChI is InChI=1S/C17H22N2O2/c1-10(2)18-16(20)13-9-14(13)17(21)19-11(3)8-12-6-4-5-7-15(12)19/h4-7,10-11,13-14H,8-9H2,1-3H3,(H,18,20). The number of anilines is 1. The molecule has 3 rings (SSSR count). The van der Waals surface area contributed by atoms with Crippen LogP contribution >= 0.6 is 0 Å². The van der Waals surface area contributed by atoms with Crippen molar-refractivity contribution < 1.29 is 9.59 Å². The number of rotatable bonds is 3. The topological polar surface area (TPSA) is 49.4 Å². The summed E-state index contributed by atoms with van der Waals surface area (Å²) in [5.74, 6) is -0.156. The molecule has 0 radical (unpaired) electrons. The summed E-state index contributed by atoms with van der Waals surface area (Å²) in [6.07, 6.45) is 1.58. The third-order valence-electron chi connectivity index (χ3n) is 4.32. The van der Waals surface area contributed by atoms with E-state index in [2.05, 4.69) is 18.3 Å². The van der Waals surface area contributed by atoms with Gasteiger partial charge in [0.1, 0.15) is 0 Å². The number of hydrogen-bond acceptors (Lipinski definition) is 2. The summed E-state index contributed by atoms with van der Waals surface area (Å²) in [7, 11) is 0. The fourth-order valence-corrected chi connectivity index (χ4v) is 3.23. The van der Waals surface area contributed by atoms with E-state index in [9.17, 15) is 9.59 Å². The molecule has 0 saturated heterocycles. The average molecular weight is 286 g/mol. The van der Waals surface area contributed by atoms with Crippen LogP contribution < -0.4 is 10.2 Å². The molecule has 3 atom stereocenters. The highest BCUT2D eigenvalue weighted by atomic mass is 16.2. The van der Waals surface area contributed by atoms with Gasteiger partial charge in [-0.2, -0.15) is 0 Å². The Morgan fingerprint density at radius 1 is 1.24 bits per heavy atom. The van der Waals surface area contributed by atoms with Gasteiger partial charge in [0, 0.05) is 17.8 Å². The molecule has 1 aliphatic carbocycles. The smallest absolute Gasteiger partial charge is 0.231 e. The molecule has 1 aromatic rings.